The molecule has 0 saturated carbocycles. The normalized spacial score (nSPS) is 11.9. The quantitative estimate of drug-likeness (QED) is 0.138. The number of rotatable bonds is 3. The first kappa shape index (κ1) is 28.2. The van der Waals surface area contributed by atoms with Crippen molar-refractivity contribution < 1.29 is 4.42 Å². The Kier molecular flexibility index (Phi) is 6.02. The molecule has 11 aromatic rings. The first-order valence-corrected chi connectivity index (χ1v) is 17.6. The van der Waals surface area contributed by atoms with E-state index in [1.54, 1.807) is 0 Å². The molecule has 0 radical (unpaired) electrons. The molecule has 0 aliphatic carbocycles. The first-order chi connectivity index (χ1) is 25.3. The first-order valence-electron chi connectivity index (χ1n) is 17.6. The Balaban J connectivity index is 1.29. The summed E-state index contributed by atoms with van der Waals surface area (Å²) in [5.41, 5.74) is 9.26. The molecule has 1 aromatic heterocycles. The molecule has 0 saturated heterocycles. The van der Waals surface area contributed by atoms with Gasteiger partial charge in [0, 0.05) is 16.2 Å². The molecule has 0 N–H and O–H groups in total. The summed E-state index contributed by atoms with van der Waals surface area (Å²) in [7, 11) is 0. The van der Waals surface area contributed by atoms with Crippen LogP contribution in [0.3, 0.4) is 0 Å². The third-order valence-electron chi connectivity index (χ3n) is 10.8. The average molecular weight is 647 g/mol. The van der Waals surface area contributed by atoms with E-state index in [1.165, 1.54) is 81.9 Å². The zero-order valence-electron chi connectivity index (χ0n) is 27.7. The lowest BCUT2D eigenvalue weighted by Crippen LogP contribution is -1.93. The van der Waals surface area contributed by atoms with Crippen molar-refractivity contribution in [2.75, 3.05) is 0 Å². The van der Waals surface area contributed by atoms with Crippen molar-refractivity contribution in [1.82, 2.24) is 0 Å². The summed E-state index contributed by atoms with van der Waals surface area (Å²) in [4.78, 5) is 0. The van der Waals surface area contributed by atoms with Crippen LogP contribution in [-0.4, -0.2) is 0 Å². The summed E-state index contributed by atoms with van der Waals surface area (Å²) in [5.74, 6) is 0. The zero-order chi connectivity index (χ0) is 33.5. The smallest absolute Gasteiger partial charge is 0.143 e. The molecule has 11 rings (SSSR count). The van der Waals surface area contributed by atoms with E-state index in [4.69, 9.17) is 4.42 Å². The molecule has 236 valence electrons. The fourth-order valence-electron chi connectivity index (χ4n) is 8.68. The highest BCUT2D eigenvalue weighted by Crippen LogP contribution is 2.49. The minimum Gasteiger partial charge on any atom is -0.455 e. The fourth-order valence-corrected chi connectivity index (χ4v) is 8.68. The minimum absolute atomic E-state index is 0.907. The molecule has 0 fully saturated rings. The van der Waals surface area contributed by atoms with E-state index in [1.807, 2.05) is 0 Å². The average Bonchev–Trinajstić information content (AvgIpc) is 3.60. The molecule has 0 amide bonds. The van der Waals surface area contributed by atoms with Gasteiger partial charge in [-0.1, -0.05) is 164 Å². The fraction of sp³-hybridized carbons (Fsp3) is 0. The Bertz CT molecular complexity index is 3130. The van der Waals surface area contributed by atoms with Crippen molar-refractivity contribution in [3.05, 3.63) is 182 Å². The van der Waals surface area contributed by atoms with Crippen LogP contribution in [0.5, 0.6) is 0 Å². The van der Waals surface area contributed by atoms with Crippen LogP contribution in [0.25, 0.3) is 109 Å². The van der Waals surface area contributed by atoms with Gasteiger partial charge in [0.15, 0.2) is 0 Å². The van der Waals surface area contributed by atoms with E-state index in [9.17, 15) is 0 Å². The third kappa shape index (κ3) is 4.09. The molecule has 0 unspecified atom stereocenters. The van der Waals surface area contributed by atoms with E-state index in [-0.39, 0.29) is 0 Å². The Hall–Kier alpha value is -6.70. The summed E-state index contributed by atoms with van der Waals surface area (Å²) in [5, 5.41) is 14.6. The van der Waals surface area contributed by atoms with Crippen molar-refractivity contribution in [1.29, 1.82) is 0 Å². The maximum atomic E-state index is 6.68. The molecular weight excluding hydrogens is 617 g/mol. The highest BCUT2D eigenvalue weighted by atomic mass is 16.3. The van der Waals surface area contributed by atoms with Crippen molar-refractivity contribution in [2.45, 2.75) is 0 Å². The molecule has 0 bridgehead atoms. The topological polar surface area (TPSA) is 13.1 Å². The molecule has 51 heavy (non-hydrogen) atoms. The SMILES string of the molecule is c1ccc(-c2cccc3c2cc(-c2c4ccccc4c(-c4cccc5oc6c7ccccc7ccc6c45)c4ccccc24)c2ccccc23)cc1. The summed E-state index contributed by atoms with van der Waals surface area (Å²) < 4.78 is 6.68. The van der Waals surface area contributed by atoms with Crippen molar-refractivity contribution in [3.8, 4) is 33.4 Å². The van der Waals surface area contributed by atoms with Crippen LogP contribution in [0.2, 0.25) is 0 Å². The van der Waals surface area contributed by atoms with E-state index < -0.39 is 0 Å². The number of fused-ring (bicyclic) bond motifs is 10. The second-order valence-electron chi connectivity index (χ2n) is 13.5. The number of hydrogen-bond acceptors (Lipinski definition) is 1. The second-order valence-corrected chi connectivity index (χ2v) is 13.5. The van der Waals surface area contributed by atoms with Crippen molar-refractivity contribution >= 4 is 75.8 Å². The van der Waals surface area contributed by atoms with Gasteiger partial charge in [0.05, 0.1) is 0 Å². The minimum atomic E-state index is 0.907. The van der Waals surface area contributed by atoms with E-state index in [0.717, 1.165) is 27.3 Å². The lowest BCUT2D eigenvalue weighted by atomic mass is 9.82. The number of hydrogen-bond donors (Lipinski definition) is 0. The van der Waals surface area contributed by atoms with E-state index in [0.29, 0.717) is 0 Å². The van der Waals surface area contributed by atoms with Crippen LogP contribution in [0.4, 0.5) is 0 Å². The number of benzene rings is 10. The summed E-state index contributed by atoms with van der Waals surface area (Å²) >= 11 is 0. The maximum Gasteiger partial charge on any atom is 0.143 e. The molecule has 1 heteroatoms. The van der Waals surface area contributed by atoms with Gasteiger partial charge in [-0.2, -0.15) is 0 Å². The van der Waals surface area contributed by atoms with E-state index in [2.05, 4.69) is 182 Å². The highest BCUT2D eigenvalue weighted by Gasteiger charge is 2.22. The molecule has 0 aliphatic rings. The molecular formula is C50H30O. The lowest BCUT2D eigenvalue weighted by Gasteiger charge is -2.20. The van der Waals surface area contributed by atoms with Gasteiger partial charge in [-0.25, -0.2) is 0 Å². The van der Waals surface area contributed by atoms with Crippen LogP contribution >= 0.6 is 0 Å². The van der Waals surface area contributed by atoms with Crippen LogP contribution in [0.15, 0.2) is 186 Å². The van der Waals surface area contributed by atoms with Gasteiger partial charge in [-0.05, 0) is 100 Å². The summed E-state index contributed by atoms with van der Waals surface area (Å²) in [6.45, 7) is 0. The molecule has 10 aromatic carbocycles. The Morgan fingerprint density at radius 1 is 0.294 bits per heavy atom. The van der Waals surface area contributed by atoms with Gasteiger partial charge in [0.25, 0.3) is 0 Å². The maximum absolute atomic E-state index is 6.68. The van der Waals surface area contributed by atoms with Gasteiger partial charge in [-0.15, -0.1) is 0 Å². The van der Waals surface area contributed by atoms with Gasteiger partial charge in [0.1, 0.15) is 11.2 Å². The summed E-state index contributed by atoms with van der Waals surface area (Å²) in [6, 6.07) is 66.3. The van der Waals surface area contributed by atoms with Crippen molar-refractivity contribution in [2.24, 2.45) is 0 Å². The summed E-state index contributed by atoms with van der Waals surface area (Å²) in [6.07, 6.45) is 0. The Morgan fingerprint density at radius 2 is 0.824 bits per heavy atom. The van der Waals surface area contributed by atoms with E-state index >= 15 is 0 Å². The lowest BCUT2D eigenvalue weighted by molar-refractivity contribution is 0.673. The number of furan rings is 1. The third-order valence-corrected chi connectivity index (χ3v) is 10.8. The van der Waals surface area contributed by atoms with Crippen molar-refractivity contribution in [3.63, 3.8) is 0 Å². The molecule has 0 atom stereocenters. The van der Waals surface area contributed by atoms with Gasteiger partial charge in [0.2, 0.25) is 0 Å². The van der Waals surface area contributed by atoms with Gasteiger partial charge in [-0.3, -0.25) is 0 Å². The predicted molar refractivity (Wildman–Crippen MR) is 218 cm³/mol. The Labute approximate surface area is 294 Å². The van der Waals surface area contributed by atoms with Crippen LogP contribution in [0, 0.1) is 0 Å². The van der Waals surface area contributed by atoms with Gasteiger partial charge >= 0.3 is 0 Å². The predicted octanol–water partition coefficient (Wildman–Crippen LogP) is 14.4. The van der Waals surface area contributed by atoms with Gasteiger partial charge < -0.3 is 4.42 Å². The molecule has 1 heterocycles. The standard InChI is InChI=1S/C50H30O/c1-2-14-31(15-3-1)33-24-12-25-36-35-18-6-7-19-37(35)45(30-44(33)36)48-40-22-10-8-20-38(40)47(39-21-9-11-23-41(39)48)42-26-13-27-46-49(42)43-29-28-32-16-4-5-17-34(32)50(43)51-46/h1-30H. The Morgan fingerprint density at radius 3 is 1.55 bits per heavy atom. The molecule has 0 spiro atoms. The monoisotopic (exact) mass is 646 g/mol. The second kappa shape index (κ2) is 10.9. The largest absolute Gasteiger partial charge is 0.455 e. The zero-order valence-corrected chi connectivity index (χ0v) is 27.7. The molecule has 1 nitrogen and oxygen atoms in total. The van der Waals surface area contributed by atoms with Crippen LogP contribution in [-0.2, 0) is 0 Å². The van der Waals surface area contributed by atoms with Crippen LogP contribution < -0.4 is 0 Å². The highest BCUT2D eigenvalue weighted by molar-refractivity contribution is 6.29. The molecule has 0 aliphatic heterocycles. The van der Waals surface area contributed by atoms with Crippen LogP contribution in [0.1, 0.15) is 0 Å².